The van der Waals surface area contributed by atoms with Crippen LogP contribution in [-0.2, 0) is 22.7 Å². The molecule has 5 aromatic rings. The van der Waals surface area contributed by atoms with Crippen molar-refractivity contribution in [1.29, 1.82) is 0 Å². The van der Waals surface area contributed by atoms with Gasteiger partial charge < -0.3 is 35.5 Å². The molecule has 0 saturated heterocycles. The monoisotopic (exact) mass is 604 g/mol. The molecule has 15 heteroatoms. The van der Waals surface area contributed by atoms with Gasteiger partial charge in [0.2, 0.25) is 11.8 Å². The molecule has 13 nitrogen and oxygen atoms in total. The molecule has 0 radical (unpaired) electrons. The van der Waals surface area contributed by atoms with Gasteiger partial charge in [-0.3, -0.25) is 4.79 Å². The number of aromatic nitrogens is 4. The van der Waals surface area contributed by atoms with E-state index in [-0.39, 0.29) is 24.9 Å². The van der Waals surface area contributed by atoms with E-state index in [1.165, 1.54) is 23.7 Å². The predicted molar refractivity (Wildman–Crippen MR) is 160 cm³/mol. The van der Waals surface area contributed by atoms with Crippen molar-refractivity contribution in [1.82, 2.24) is 25.3 Å². The maximum Gasteiger partial charge on any atom is 0.407 e. The predicted octanol–water partition coefficient (Wildman–Crippen LogP) is 4.50. The molecule has 0 fully saturated rings. The lowest BCUT2D eigenvalue weighted by Crippen LogP contribution is -2.28. The van der Waals surface area contributed by atoms with E-state index in [1.54, 1.807) is 11.3 Å². The average molecular weight is 605 g/mol. The lowest BCUT2D eigenvalue weighted by Gasteiger charge is -2.16. The van der Waals surface area contributed by atoms with Crippen LogP contribution in [0.2, 0.25) is 0 Å². The van der Waals surface area contributed by atoms with Crippen LogP contribution in [0.3, 0.4) is 0 Å². The fraction of sp³-hybridized carbons (Fsp3) is 0.185. The third-order valence-electron chi connectivity index (χ3n) is 5.97. The summed E-state index contributed by atoms with van der Waals surface area (Å²) in [6.45, 7) is 8.25. The number of nitrogens with two attached hydrogens (primary N) is 1. The molecule has 214 valence electrons. The Hall–Kier alpha value is -5.20. The number of likely N-dealkylation sites (N-methyl/N-ethyl adjacent to an activating group) is 1. The molecule has 42 heavy (non-hydrogen) atoms. The summed E-state index contributed by atoms with van der Waals surface area (Å²) in [5.74, 6) is -0.840. The standard InChI is InChI=1S/C27H24N8O5S2/c1-29-18(25(36)37)9-17-10-19-20(41-17)11-21(42-19)35(2)7-8-39-27(38)30-12-15-3-5-16(6-4-15)13-40-24-22-23(32-14-31-22)33-26(28)34-24/h3-6,9-11,14H,7-8,12-13H2,2H3,(H,30,38)(H,36,37)(H3,28,31,32,33,34)/b18-9-. The van der Waals surface area contributed by atoms with Crippen LogP contribution in [-0.4, -0.2) is 57.3 Å². The first-order valence-corrected chi connectivity index (χ1v) is 14.1. The second-order valence-corrected chi connectivity index (χ2v) is 11.1. The number of fused-ring (bicyclic) bond motifs is 2. The maximum atomic E-state index is 12.2. The van der Waals surface area contributed by atoms with Gasteiger partial charge in [0.15, 0.2) is 5.65 Å². The highest BCUT2D eigenvalue weighted by atomic mass is 32.1. The van der Waals surface area contributed by atoms with Gasteiger partial charge in [0, 0.05) is 27.9 Å². The van der Waals surface area contributed by atoms with Gasteiger partial charge in [-0.15, -0.1) is 22.7 Å². The smallest absolute Gasteiger partial charge is 0.407 e. The zero-order valence-corrected chi connectivity index (χ0v) is 23.8. The van der Waals surface area contributed by atoms with Crippen molar-refractivity contribution < 1.29 is 24.2 Å². The number of hydrogen-bond donors (Lipinski definition) is 4. The summed E-state index contributed by atoms with van der Waals surface area (Å²) in [6, 6.07) is 11.4. The highest BCUT2D eigenvalue weighted by molar-refractivity contribution is 7.30. The number of ether oxygens (including phenoxy) is 2. The molecule has 0 bridgehead atoms. The number of hydrogen-bond acceptors (Lipinski definition) is 11. The summed E-state index contributed by atoms with van der Waals surface area (Å²) in [5.41, 5.74) is 8.21. The Balaban J connectivity index is 1.04. The van der Waals surface area contributed by atoms with Gasteiger partial charge >= 0.3 is 12.1 Å². The summed E-state index contributed by atoms with van der Waals surface area (Å²) in [7, 11) is 1.90. The third kappa shape index (κ3) is 6.74. The van der Waals surface area contributed by atoms with Crippen LogP contribution in [0, 0.1) is 6.57 Å². The van der Waals surface area contributed by atoms with Crippen molar-refractivity contribution in [2.45, 2.75) is 13.2 Å². The van der Waals surface area contributed by atoms with Crippen molar-refractivity contribution in [2.24, 2.45) is 0 Å². The van der Waals surface area contributed by atoms with E-state index >= 15 is 0 Å². The first kappa shape index (κ1) is 28.3. The Labute approximate surface area is 247 Å². The number of aromatic amines is 1. The molecule has 5 N–H and O–H groups in total. The number of anilines is 2. The van der Waals surface area contributed by atoms with Crippen molar-refractivity contribution >= 4 is 72.3 Å². The SMILES string of the molecule is [C-]#[N+]/C(=C\c1cc2sc(N(C)CCOC(=O)NCc3ccc(COc4nc(N)nc5nc[nH]c45)cc3)cc2s1)C(=O)O. The molecule has 4 heterocycles. The average Bonchev–Trinajstić information content (AvgIpc) is 3.69. The van der Waals surface area contributed by atoms with Gasteiger partial charge in [0.05, 0.1) is 24.4 Å². The van der Waals surface area contributed by atoms with E-state index in [9.17, 15) is 9.59 Å². The minimum atomic E-state index is -1.24. The number of nitrogens with zero attached hydrogens (tertiary/aromatic N) is 5. The Morgan fingerprint density at radius 2 is 1.95 bits per heavy atom. The minimum absolute atomic E-state index is 0.0796. The molecule has 0 saturated carbocycles. The number of thiophene rings is 2. The van der Waals surface area contributed by atoms with Gasteiger partial charge in [0.1, 0.15) is 18.7 Å². The highest BCUT2D eigenvalue weighted by Crippen LogP contribution is 2.38. The van der Waals surface area contributed by atoms with Crippen molar-refractivity contribution in [3.8, 4) is 5.88 Å². The summed E-state index contributed by atoms with van der Waals surface area (Å²) < 4.78 is 13.1. The molecule has 0 unspecified atom stereocenters. The Bertz CT molecular complexity index is 1790. The van der Waals surface area contributed by atoms with Crippen LogP contribution in [0.5, 0.6) is 5.88 Å². The number of imidazole rings is 1. The van der Waals surface area contributed by atoms with Gasteiger partial charge in [0.25, 0.3) is 5.70 Å². The van der Waals surface area contributed by atoms with E-state index in [0.29, 0.717) is 35.0 Å². The molecular formula is C27H24N8O5S2. The summed E-state index contributed by atoms with van der Waals surface area (Å²) in [6.07, 6.45) is 2.36. The topological polar surface area (TPSA) is 173 Å². The molecule has 5 rings (SSSR count). The second-order valence-electron chi connectivity index (χ2n) is 8.91. The van der Waals surface area contributed by atoms with E-state index in [1.807, 2.05) is 48.3 Å². The number of carbonyl (C=O) groups is 2. The highest BCUT2D eigenvalue weighted by Gasteiger charge is 2.13. The molecule has 0 aliphatic carbocycles. The first-order chi connectivity index (χ1) is 20.3. The molecule has 1 aromatic carbocycles. The minimum Gasteiger partial charge on any atom is -0.486 e. The maximum absolute atomic E-state index is 12.2. The number of benzene rings is 1. The Morgan fingerprint density at radius 3 is 2.69 bits per heavy atom. The van der Waals surface area contributed by atoms with Crippen molar-refractivity contribution in [2.75, 3.05) is 30.8 Å². The van der Waals surface area contributed by atoms with E-state index in [0.717, 1.165) is 25.5 Å². The molecule has 0 atom stereocenters. The number of alkyl carbamates (subject to hydrolysis) is 1. The molecule has 0 aliphatic heterocycles. The van der Waals surface area contributed by atoms with E-state index in [4.69, 9.17) is 26.9 Å². The van der Waals surface area contributed by atoms with Crippen LogP contribution in [0.1, 0.15) is 16.0 Å². The number of H-pyrrole nitrogens is 1. The van der Waals surface area contributed by atoms with Crippen LogP contribution in [0.25, 0.3) is 31.5 Å². The fourth-order valence-electron chi connectivity index (χ4n) is 3.82. The van der Waals surface area contributed by atoms with Gasteiger partial charge in [-0.05, 0) is 29.3 Å². The number of carbonyl (C=O) groups excluding carboxylic acids is 1. The van der Waals surface area contributed by atoms with E-state index in [2.05, 4.69) is 30.1 Å². The molecule has 0 aliphatic rings. The molecule has 4 aromatic heterocycles. The summed E-state index contributed by atoms with van der Waals surface area (Å²) >= 11 is 2.96. The van der Waals surface area contributed by atoms with Gasteiger partial charge in [-0.25, -0.2) is 14.6 Å². The van der Waals surface area contributed by atoms with Crippen LogP contribution < -0.4 is 20.7 Å². The number of aliphatic carboxylic acids is 1. The lowest BCUT2D eigenvalue weighted by molar-refractivity contribution is -0.132. The molecular weight excluding hydrogens is 580 g/mol. The normalized spacial score (nSPS) is 11.4. The third-order valence-corrected chi connectivity index (χ3v) is 8.33. The lowest BCUT2D eigenvalue weighted by atomic mass is 10.1. The number of carboxylic acids is 1. The first-order valence-electron chi connectivity index (χ1n) is 12.4. The quantitative estimate of drug-likeness (QED) is 0.124. The van der Waals surface area contributed by atoms with Gasteiger partial charge in [-0.1, -0.05) is 24.3 Å². The number of nitrogens with one attached hydrogen (secondary N) is 2. The second kappa shape index (κ2) is 12.5. The number of carboxylic acid groups (broad SMARTS) is 1. The molecule has 1 amide bonds. The number of rotatable bonds is 11. The molecule has 0 spiro atoms. The summed E-state index contributed by atoms with van der Waals surface area (Å²) in [5, 5.41) is 12.8. The van der Waals surface area contributed by atoms with Crippen molar-refractivity contribution in [3.63, 3.8) is 0 Å². The van der Waals surface area contributed by atoms with Crippen LogP contribution in [0.4, 0.5) is 15.7 Å². The Morgan fingerprint density at radius 1 is 1.19 bits per heavy atom. The van der Waals surface area contributed by atoms with Crippen LogP contribution >= 0.6 is 22.7 Å². The van der Waals surface area contributed by atoms with Crippen molar-refractivity contribution in [3.05, 3.63) is 75.8 Å². The zero-order valence-electron chi connectivity index (χ0n) is 22.2. The number of nitrogen functional groups attached to an aromatic ring is 1. The fourth-order valence-corrected chi connectivity index (χ4v) is 6.15. The largest absolute Gasteiger partial charge is 0.486 e. The van der Waals surface area contributed by atoms with Gasteiger partial charge in [-0.2, -0.15) is 9.97 Å². The van der Waals surface area contributed by atoms with Crippen LogP contribution in [0.15, 0.2) is 48.4 Å². The van der Waals surface area contributed by atoms with E-state index < -0.39 is 12.1 Å². The summed E-state index contributed by atoms with van der Waals surface area (Å²) in [4.78, 5) is 44.2. The zero-order chi connectivity index (χ0) is 29.6. The number of amides is 1. The Kier molecular flexibility index (Phi) is 8.46.